The molecule has 0 aliphatic carbocycles. The molecule has 0 spiro atoms. The van der Waals surface area contributed by atoms with Gasteiger partial charge in [-0.3, -0.25) is 4.98 Å². The molecule has 0 saturated carbocycles. The zero-order valence-corrected chi connectivity index (χ0v) is 10.7. The molecule has 0 aliphatic rings. The Hall–Kier alpha value is -2.13. The maximum absolute atomic E-state index is 5.30. The third-order valence-electron chi connectivity index (χ3n) is 3.12. The van der Waals surface area contributed by atoms with Gasteiger partial charge in [0.25, 0.3) is 0 Å². The zero-order valence-electron chi connectivity index (χ0n) is 10.7. The van der Waals surface area contributed by atoms with Gasteiger partial charge in [0.2, 0.25) is 0 Å². The summed E-state index contributed by atoms with van der Waals surface area (Å²) >= 11 is 0. The van der Waals surface area contributed by atoms with E-state index in [4.69, 9.17) is 4.42 Å². The van der Waals surface area contributed by atoms with Crippen molar-refractivity contribution in [2.75, 3.05) is 6.54 Å². The molecule has 0 aliphatic heterocycles. The number of pyridine rings is 1. The molecule has 0 atom stereocenters. The smallest absolute Gasteiger partial charge is 0.105 e. The minimum atomic E-state index is 0.867. The maximum atomic E-state index is 5.30. The molecular formula is C16H16N2O. The lowest BCUT2D eigenvalue weighted by atomic mass is 10.1. The van der Waals surface area contributed by atoms with Crippen LogP contribution in [-0.4, -0.2) is 11.5 Å². The van der Waals surface area contributed by atoms with Crippen molar-refractivity contribution in [3.63, 3.8) is 0 Å². The number of rotatable bonds is 5. The van der Waals surface area contributed by atoms with Crippen molar-refractivity contribution in [2.45, 2.75) is 13.0 Å². The van der Waals surface area contributed by atoms with Crippen molar-refractivity contribution in [3.8, 4) is 0 Å². The van der Waals surface area contributed by atoms with Gasteiger partial charge in [-0.05, 0) is 35.9 Å². The van der Waals surface area contributed by atoms with E-state index in [1.807, 2.05) is 24.4 Å². The number of nitrogens with one attached hydrogen (secondary N) is 1. The van der Waals surface area contributed by atoms with E-state index < -0.39 is 0 Å². The molecule has 3 nitrogen and oxygen atoms in total. The van der Waals surface area contributed by atoms with Gasteiger partial charge in [-0.15, -0.1) is 0 Å². The van der Waals surface area contributed by atoms with Gasteiger partial charge < -0.3 is 9.73 Å². The van der Waals surface area contributed by atoms with Crippen LogP contribution >= 0.6 is 0 Å². The van der Waals surface area contributed by atoms with Crippen LogP contribution in [0.5, 0.6) is 0 Å². The first-order valence-corrected chi connectivity index (χ1v) is 6.48. The number of aromatic nitrogens is 1. The van der Waals surface area contributed by atoms with Crippen LogP contribution in [0, 0.1) is 0 Å². The fraction of sp³-hybridized carbons (Fsp3) is 0.188. The van der Waals surface area contributed by atoms with E-state index in [0.29, 0.717) is 0 Å². The Morgan fingerprint density at radius 3 is 3.00 bits per heavy atom. The molecular weight excluding hydrogens is 236 g/mol. The number of benzene rings is 1. The minimum Gasteiger partial charge on any atom is -0.469 e. The fourth-order valence-corrected chi connectivity index (χ4v) is 2.13. The monoisotopic (exact) mass is 252 g/mol. The summed E-state index contributed by atoms with van der Waals surface area (Å²) in [5, 5.41) is 4.61. The number of fused-ring (bicyclic) bond motifs is 1. The fourth-order valence-electron chi connectivity index (χ4n) is 2.13. The van der Waals surface area contributed by atoms with Gasteiger partial charge in [-0.25, -0.2) is 0 Å². The summed E-state index contributed by atoms with van der Waals surface area (Å²) in [5.74, 6) is 1.02. The molecule has 1 aromatic carbocycles. The predicted octanol–water partition coefficient (Wildman–Crippen LogP) is 3.16. The molecule has 19 heavy (non-hydrogen) atoms. The van der Waals surface area contributed by atoms with Crippen molar-refractivity contribution >= 4 is 10.9 Å². The highest BCUT2D eigenvalue weighted by Gasteiger charge is 1.98. The summed E-state index contributed by atoms with van der Waals surface area (Å²) < 4.78 is 5.30. The van der Waals surface area contributed by atoms with Crippen molar-refractivity contribution in [1.82, 2.24) is 10.3 Å². The average Bonchev–Trinajstić information content (AvgIpc) is 2.97. The molecule has 0 fully saturated rings. The molecule has 0 radical (unpaired) electrons. The Morgan fingerprint density at radius 1 is 1.11 bits per heavy atom. The topological polar surface area (TPSA) is 38.1 Å². The standard InChI is InChI=1S/C16H16N2O/c1-3-14-11-13(5-6-16(14)18-8-1)12-17-9-7-15-4-2-10-19-15/h1-6,8,10-11,17H,7,9,12H2. The van der Waals surface area contributed by atoms with Crippen LogP contribution in [0.25, 0.3) is 10.9 Å². The summed E-state index contributed by atoms with van der Waals surface area (Å²) in [6, 6.07) is 14.4. The van der Waals surface area contributed by atoms with Crippen LogP contribution in [-0.2, 0) is 13.0 Å². The van der Waals surface area contributed by atoms with Crippen molar-refractivity contribution in [3.05, 3.63) is 66.2 Å². The highest BCUT2D eigenvalue weighted by atomic mass is 16.3. The van der Waals surface area contributed by atoms with E-state index in [0.717, 1.165) is 30.8 Å². The first-order chi connectivity index (χ1) is 9.42. The molecule has 1 N–H and O–H groups in total. The van der Waals surface area contributed by atoms with Gasteiger partial charge in [-0.1, -0.05) is 12.1 Å². The third kappa shape index (κ3) is 3.01. The highest BCUT2D eigenvalue weighted by Crippen LogP contribution is 2.13. The van der Waals surface area contributed by atoms with Crippen LogP contribution in [0.2, 0.25) is 0 Å². The van der Waals surface area contributed by atoms with Crippen molar-refractivity contribution in [1.29, 1.82) is 0 Å². The zero-order chi connectivity index (χ0) is 12.9. The minimum absolute atomic E-state index is 0.867. The second kappa shape index (κ2) is 5.67. The summed E-state index contributed by atoms with van der Waals surface area (Å²) in [6.45, 7) is 1.78. The molecule has 0 saturated heterocycles. The normalized spacial score (nSPS) is 10.9. The lowest BCUT2D eigenvalue weighted by molar-refractivity contribution is 0.499. The number of hydrogen-bond acceptors (Lipinski definition) is 3. The van der Waals surface area contributed by atoms with E-state index in [9.17, 15) is 0 Å². The van der Waals surface area contributed by atoms with Crippen LogP contribution < -0.4 is 5.32 Å². The van der Waals surface area contributed by atoms with Gasteiger partial charge in [0, 0.05) is 31.1 Å². The molecule has 0 amide bonds. The van der Waals surface area contributed by atoms with E-state index in [1.165, 1.54) is 10.9 Å². The van der Waals surface area contributed by atoms with Gasteiger partial charge in [0.05, 0.1) is 11.8 Å². The van der Waals surface area contributed by atoms with Gasteiger partial charge in [-0.2, -0.15) is 0 Å². The van der Waals surface area contributed by atoms with Gasteiger partial charge in [0.15, 0.2) is 0 Å². The summed E-state index contributed by atoms with van der Waals surface area (Å²) in [5.41, 5.74) is 2.32. The quantitative estimate of drug-likeness (QED) is 0.709. The molecule has 0 bridgehead atoms. The highest BCUT2D eigenvalue weighted by molar-refractivity contribution is 5.78. The predicted molar refractivity (Wildman–Crippen MR) is 75.9 cm³/mol. The molecule has 2 heterocycles. The Balaban J connectivity index is 1.56. The molecule has 96 valence electrons. The van der Waals surface area contributed by atoms with Crippen molar-refractivity contribution < 1.29 is 4.42 Å². The van der Waals surface area contributed by atoms with Crippen LogP contribution in [0.3, 0.4) is 0 Å². The first kappa shape index (κ1) is 11.9. The van der Waals surface area contributed by atoms with E-state index in [-0.39, 0.29) is 0 Å². The number of furan rings is 1. The molecule has 3 aromatic rings. The Morgan fingerprint density at radius 2 is 2.11 bits per heavy atom. The summed E-state index contributed by atoms with van der Waals surface area (Å²) in [7, 11) is 0. The van der Waals surface area contributed by atoms with Gasteiger partial charge in [0.1, 0.15) is 5.76 Å². The van der Waals surface area contributed by atoms with Crippen LogP contribution in [0.1, 0.15) is 11.3 Å². The lowest BCUT2D eigenvalue weighted by Gasteiger charge is -2.05. The molecule has 3 rings (SSSR count). The average molecular weight is 252 g/mol. The second-order valence-electron chi connectivity index (χ2n) is 4.54. The third-order valence-corrected chi connectivity index (χ3v) is 3.12. The van der Waals surface area contributed by atoms with Crippen molar-refractivity contribution in [2.24, 2.45) is 0 Å². The molecule has 3 heteroatoms. The maximum Gasteiger partial charge on any atom is 0.105 e. The van der Waals surface area contributed by atoms with E-state index >= 15 is 0 Å². The first-order valence-electron chi connectivity index (χ1n) is 6.48. The lowest BCUT2D eigenvalue weighted by Crippen LogP contribution is -2.16. The Labute approximate surface area is 112 Å². The molecule has 0 unspecified atom stereocenters. The van der Waals surface area contributed by atoms with E-state index in [1.54, 1.807) is 6.26 Å². The van der Waals surface area contributed by atoms with Crippen LogP contribution in [0.15, 0.2) is 59.3 Å². The Kier molecular flexibility index (Phi) is 3.56. The van der Waals surface area contributed by atoms with Crippen LogP contribution in [0.4, 0.5) is 0 Å². The summed E-state index contributed by atoms with van der Waals surface area (Å²) in [4.78, 5) is 4.32. The SMILES string of the molecule is c1coc(CCNCc2ccc3ncccc3c2)c1. The number of nitrogens with zero attached hydrogens (tertiary/aromatic N) is 1. The summed E-state index contributed by atoms with van der Waals surface area (Å²) in [6.07, 6.45) is 4.46. The Bertz CT molecular complexity index is 647. The largest absolute Gasteiger partial charge is 0.469 e. The number of hydrogen-bond donors (Lipinski definition) is 1. The van der Waals surface area contributed by atoms with Gasteiger partial charge >= 0.3 is 0 Å². The molecule has 2 aromatic heterocycles. The second-order valence-corrected chi connectivity index (χ2v) is 4.54. The van der Waals surface area contributed by atoms with E-state index in [2.05, 4.69) is 34.6 Å².